The van der Waals surface area contributed by atoms with E-state index < -0.39 is 0 Å². The van der Waals surface area contributed by atoms with Crippen LogP contribution in [0.15, 0.2) is 33.3 Å². The fourth-order valence-electron chi connectivity index (χ4n) is 1.29. The van der Waals surface area contributed by atoms with E-state index in [1.165, 1.54) is 6.07 Å². The molecule has 1 aromatic carbocycles. The number of benzene rings is 1. The Morgan fingerprint density at radius 2 is 1.88 bits per heavy atom. The van der Waals surface area contributed by atoms with Crippen LogP contribution in [-0.4, -0.2) is 9.97 Å². The molecule has 0 unspecified atom stereocenters. The molecule has 0 saturated carbocycles. The molecular weight excluding hydrogens is 339 g/mol. The van der Waals surface area contributed by atoms with Gasteiger partial charge in [-0.1, -0.05) is 0 Å². The average molecular weight is 346 g/mol. The van der Waals surface area contributed by atoms with E-state index >= 15 is 0 Å². The molecule has 0 radical (unpaired) electrons. The third-order valence-corrected chi connectivity index (χ3v) is 3.01. The molecule has 0 N–H and O–H groups in total. The second-order valence-corrected chi connectivity index (χ2v) is 4.95. The monoisotopic (exact) mass is 344 g/mol. The van der Waals surface area contributed by atoms with Crippen LogP contribution in [0.2, 0.25) is 0 Å². The Hall–Kier alpha value is -0.810. The van der Waals surface area contributed by atoms with Crippen molar-refractivity contribution in [1.82, 2.24) is 9.97 Å². The maximum atomic E-state index is 13.1. The lowest BCUT2D eigenvalue weighted by atomic mass is 10.2. The number of rotatable bonds is 1. The summed E-state index contributed by atoms with van der Waals surface area (Å²) in [5.74, 6) is 0.281. The first-order valence-corrected chi connectivity index (χ1v) is 6.11. The minimum absolute atomic E-state index is 0.296. The Balaban J connectivity index is 2.54. The highest BCUT2D eigenvalue weighted by atomic mass is 79.9. The van der Waals surface area contributed by atoms with Gasteiger partial charge in [-0.3, -0.25) is 0 Å². The van der Waals surface area contributed by atoms with Gasteiger partial charge in [0.1, 0.15) is 10.4 Å². The van der Waals surface area contributed by atoms with Gasteiger partial charge in [0.25, 0.3) is 0 Å². The van der Waals surface area contributed by atoms with Gasteiger partial charge in [-0.2, -0.15) is 0 Å². The maximum Gasteiger partial charge on any atom is 0.160 e. The summed E-state index contributed by atoms with van der Waals surface area (Å²) in [5.41, 5.74) is 1.63. The summed E-state index contributed by atoms with van der Waals surface area (Å²) >= 11 is 6.44. The standard InChI is InChI=1S/C11H7Br2FN2/c1-6-4-10(13)16-11(15-6)7-2-3-9(14)8(12)5-7/h2-5H,1H3. The third kappa shape index (κ3) is 2.47. The van der Waals surface area contributed by atoms with E-state index in [2.05, 4.69) is 41.8 Å². The first kappa shape index (κ1) is 11.7. The molecule has 2 aromatic rings. The maximum absolute atomic E-state index is 13.1. The number of hydrogen-bond acceptors (Lipinski definition) is 2. The molecule has 0 fully saturated rings. The van der Waals surface area contributed by atoms with Crippen molar-refractivity contribution in [3.63, 3.8) is 0 Å². The van der Waals surface area contributed by atoms with Gasteiger partial charge in [0, 0.05) is 11.3 Å². The second-order valence-electron chi connectivity index (χ2n) is 3.28. The van der Waals surface area contributed by atoms with Crippen molar-refractivity contribution in [3.8, 4) is 11.4 Å². The van der Waals surface area contributed by atoms with E-state index in [1.54, 1.807) is 12.1 Å². The lowest BCUT2D eigenvalue weighted by molar-refractivity contribution is 0.621. The van der Waals surface area contributed by atoms with E-state index in [0.717, 1.165) is 15.9 Å². The van der Waals surface area contributed by atoms with Crippen LogP contribution in [0.25, 0.3) is 11.4 Å². The molecule has 0 amide bonds. The zero-order chi connectivity index (χ0) is 11.7. The van der Waals surface area contributed by atoms with Gasteiger partial charge in [-0.15, -0.1) is 0 Å². The summed E-state index contributed by atoms with van der Waals surface area (Å²) in [6.07, 6.45) is 0. The lowest BCUT2D eigenvalue weighted by Gasteiger charge is -2.03. The minimum Gasteiger partial charge on any atom is -0.233 e. The molecule has 1 aromatic heterocycles. The fraction of sp³-hybridized carbons (Fsp3) is 0.0909. The molecular formula is C11H7Br2FN2. The van der Waals surface area contributed by atoms with E-state index in [4.69, 9.17) is 0 Å². The van der Waals surface area contributed by atoms with Gasteiger partial charge in [0.2, 0.25) is 0 Å². The van der Waals surface area contributed by atoms with Crippen molar-refractivity contribution in [3.05, 3.63) is 44.9 Å². The third-order valence-electron chi connectivity index (χ3n) is 2.00. The van der Waals surface area contributed by atoms with E-state index in [1.807, 2.05) is 13.0 Å². The minimum atomic E-state index is -0.296. The predicted octanol–water partition coefficient (Wildman–Crippen LogP) is 4.12. The summed E-state index contributed by atoms with van der Waals surface area (Å²) in [6, 6.07) is 6.53. The summed E-state index contributed by atoms with van der Waals surface area (Å²) in [4.78, 5) is 8.53. The highest BCUT2D eigenvalue weighted by molar-refractivity contribution is 9.10. The van der Waals surface area contributed by atoms with Gasteiger partial charge in [-0.05, 0) is 63.0 Å². The normalized spacial score (nSPS) is 10.5. The Labute approximate surface area is 109 Å². The first-order chi connectivity index (χ1) is 7.56. The molecule has 0 atom stereocenters. The number of aryl methyl sites for hydroxylation is 1. The van der Waals surface area contributed by atoms with Crippen molar-refractivity contribution in [2.75, 3.05) is 0 Å². The van der Waals surface area contributed by atoms with Gasteiger partial charge in [0.05, 0.1) is 4.47 Å². The van der Waals surface area contributed by atoms with Crippen LogP contribution < -0.4 is 0 Å². The molecule has 16 heavy (non-hydrogen) atoms. The van der Waals surface area contributed by atoms with E-state index in [9.17, 15) is 4.39 Å². The molecule has 0 aliphatic heterocycles. The molecule has 2 rings (SSSR count). The first-order valence-electron chi connectivity index (χ1n) is 4.53. The van der Waals surface area contributed by atoms with Crippen LogP contribution in [0.1, 0.15) is 5.69 Å². The van der Waals surface area contributed by atoms with Crippen LogP contribution in [0, 0.1) is 12.7 Å². The Bertz CT molecular complexity index is 523. The zero-order valence-electron chi connectivity index (χ0n) is 8.34. The highest BCUT2D eigenvalue weighted by Gasteiger charge is 2.06. The number of nitrogens with zero attached hydrogens (tertiary/aromatic N) is 2. The molecule has 82 valence electrons. The van der Waals surface area contributed by atoms with Crippen molar-refractivity contribution >= 4 is 31.9 Å². The van der Waals surface area contributed by atoms with Crippen LogP contribution >= 0.6 is 31.9 Å². The Morgan fingerprint density at radius 3 is 2.50 bits per heavy atom. The number of halogens is 3. The van der Waals surface area contributed by atoms with E-state index in [-0.39, 0.29) is 5.82 Å². The molecule has 2 nitrogen and oxygen atoms in total. The quantitative estimate of drug-likeness (QED) is 0.727. The average Bonchev–Trinajstić information content (AvgIpc) is 2.20. The summed E-state index contributed by atoms with van der Waals surface area (Å²) in [5, 5.41) is 0. The molecule has 0 aliphatic rings. The number of hydrogen-bond donors (Lipinski definition) is 0. The SMILES string of the molecule is Cc1cc(Br)nc(-c2ccc(F)c(Br)c2)n1. The van der Waals surface area contributed by atoms with Crippen molar-refractivity contribution in [1.29, 1.82) is 0 Å². The fourth-order valence-corrected chi connectivity index (χ4v) is 2.17. The second kappa shape index (κ2) is 4.59. The molecule has 1 heterocycles. The molecule has 0 aliphatic carbocycles. The molecule has 0 bridgehead atoms. The van der Waals surface area contributed by atoms with Gasteiger partial charge in [0.15, 0.2) is 5.82 Å². The highest BCUT2D eigenvalue weighted by Crippen LogP contribution is 2.24. The zero-order valence-corrected chi connectivity index (χ0v) is 11.5. The van der Waals surface area contributed by atoms with Crippen LogP contribution in [0.5, 0.6) is 0 Å². The summed E-state index contributed by atoms with van der Waals surface area (Å²) in [7, 11) is 0. The Morgan fingerprint density at radius 1 is 1.12 bits per heavy atom. The molecule has 5 heteroatoms. The van der Waals surface area contributed by atoms with Gasteiger partial charge < -0.3 is 0 Å². The van der Waals surface area contributed by atoms with Gasteiger partial charge >= 0.3 is 0 Å². The molecule has 0 spiro atoms. The largest absolute Gasteiger partial charge is 0.233 e. The van der Waals surface area contributed by atoms with Crippen LogP contribution in [-0.2, 0) is 0 Å². The smallest absolute Gasteiger partial charge is 0.160 e. The van der Waals surface area contributed by atoms with Crippen molar-refractivity contribution < 1.29 is 4.39 Å². The van der Waals surface area contributed by atoms with Crippen LogP contribution in [0.3, 0.4) is 0 Å². The van der Waals surface area contributed by atoms with Gasteiger partial charge in [-0.25, -0.2) is 14.4 Å². The predicted molar refractivity (Wildman–Crippen MR) is 67.6 cm³/mol. The summed E-state index contributed by atoms with van der Waals surface area (Å²) in [6.45, 7) is 1.88. The Kier molecular flexibility index (Phi) is 3.35. The molecule has 0 saturated heterocycles. The topological polar surface area (TPSA) is 25.8 Å². The van der Waals surface area contributed by atoms with Crippen LogP contribution in [0.4, 0.5) is 4.39 Å². The number of aromatic nitrogens is 2. The van der Waals surface area contributed by atoms with E-state index in [0.29, 0.717) is 10.3 Å². The van der Waals surface area contributed by atoms with Crippen molar-refractivity contribution in [2.24, 2.45) is 0 Å². The van der Waals surface area contributed by atoms with Crippen molar-refractivity contribution in [2.45, 2.75) is 6.92 Å². The lowest BCUT2D eigenvalue weighted by Crippen LogP contribution is -1.93. The summed E-state index contributed by atoms with van der Waals surface area (Å²) < 4.78 is 14.2.